The van der Waals surface area contributed by atoms with Crippen molar-refractivity contribution in [3.05, 3.63) is 77.0 Å². The van der Waals surface area contributed by atoms with Crippen molar-refractivity contribution in [3.8, 4) is 0 Å². The standard InChI is InChI=1S/C33H41NO5/c1-3-5-6-7-8-9-10-11-12-20-29(35)31-27-18-13-14-19-28(27)34(32(31)33(37)38)24-26-17-15-16-25(23-26)21-22-30(36)39-4-2/h13-19,21-23H,3-12,20,24H2,1-2H3,(H,37,38). The lowest BCUT2D eigenvalue weighted by atomic mass is 10.00. The summed E-state index contributed by atoms with van der Waals surface area (Å²) in [5.74, 6) is -1.64. The highest BCUT2D eigenvalue weighted by molar-refractivity contribution is 6.15. The molecule has 6 nitrogen and oxygen atoms in total. The Balaban J connectivity index is 1.77. The van der Waals surface area contributed by atoms with Gasteiger partial charge in [-0.2, -0.15) is 0 Å². The lowest BCUT2D eigenvalue weighted by Gasteiger charge is -2.10. The van der Waals surface area contributed by atoms with Gasteiger partial charge in [0.05, 0.1) is 12.2 Å². The molecule has 0 fully saturated rings. The molecule has 0 spiro atoms. The minimum absolute atomic E-state index is 0.0320. The number of para-hydroxylation sites is 1. The van der Waals surface area contributed by atoms with E-state index in [1.165, 1.54) is 44.6 Å². The van der Waals surface area contributed by atoms with Crippen molar-refractivity contribution in [2.75, 3.05) is 6.61 Å². The maximum absolute atomic E-state index is 13.4. The normalized spacial score (nSPS) is 11.3. The van der Waals surface area contributed by atoms with E-state index in [2.05, 4.69) is 6.92 Å². The first-order chi connectivity index (χ1) is 19.0. The number of carbonyl (C=O) groups is 3. The fourth-order valence-electron chi connectivity index (χ4n) is 5.03. The first-order valence-electron chi connectivity index (χ1n) is 14.3. The molecule has 0 aliphatic heterocycles. The summed E-state index contributed by atoms with van der Waals surface area (Å²) in [6.45, 7) is 4.57. The molecule has 1 N–H and O–H groups in total. The van der Waals surface area contributed by atoms with Crippen LogP contribution in [0.4, 0.5) is 0 Å². The van der Waals surface area contributed by atoms with Crippen LogP contribution in [0.5, 0.6) is 0 Å². The molecule has 0 aliphatic rings. The van der Waals surface area contributed by atoms with Crippen LogP contribution in [0.2, 0.25) is 0 Å². The van der Waals surface area contributed by atoms with E-state index in [0.717, 1.165) is 35.9 Å². The van der Waals surface area contributed by atoms with Crippen LogP contribution < -0.4 is 0 Å². The lowest BCUT2D eigenvalue weighted by molar-refractivity contribution is -0.137. The molecule has 208 valence electrons. The van der Waals surface area contributed by atoms with Crippen molar-refractivity contribution >= 4 is 34.7 Å². The molecule has 3 rings (SSSR count). The van der Waals surface area contributed by atoms with E-state index in [1.54, 1.807) is 17.6 Å². The second-order valence-corrected chi connectivity index (χ2v) is 9.96. The van der Waals surface area contributed by atoms with Crippen LogP contribution in [0.3, 0.4) is 0 Å². The van der Waals surface area contributed by atoms with Gasteiger partial charge in [0.1, 0.15) is 5.69 Å². The number of Topliss-reactive ketones (excluding diaryl/α,β-unsaturated/α-hetero) is 1. The number of benzene rings is 2. The number of fused-ring (bicyclic) bond motifs is 1. The van der Waals surface area contributed by atoms with Crippen LogP contribution in [-0.4, -0.2) is 34.0 Å². The van der Waals surface area contributed by atoms with E-state index in [-0.39, 0.29) is 18.0 Å². The number of unbranched alkanes of at least 4 members (excludes halogenated alkanes) is 8. The number of nitrogens with zero attached hydrogens (tertiary/aromatic N) is 1. The van der Waals surface area contributed by atoms with Gasteiger partial charge in [-0.3, -0.25) is 4.79 Å². The van der Waals surface area contributed by atoms with Gasteiger partial charge in [-0.15, -0.1) is 0 Å². The van der Waals surface area contributed by atoms with Crippen LogP contribution in [0, 0.1) is 0 Å². The van der Waals surface area contributed by atoms with Crippen molar-refractivity contribution in [1.29, 1.82) is 0 Å². The molecule has 0 amide bonds. The van der Waals surface area contributed by atoms with Crippen LogP contribution in [0.15, 0.2) is 54.6 Å². The van der Waals surface area contributed by atoms with Gasteiger partial charge < -0.3 is 14.4 Å². The molecule has 0 saturated carbocycles. The molecule has 0 atom stereocenters. The Bertz CT molecular complexity index is 1290. The maximum atomic E-state index is 13.4. The second-order valence-electron chi connectivity index (χ2n) is 9.96. The van der Waals surface area contributed by atoms with Crippen LogP contribution in [-0.2, 0) is 16.1 Å². The van der Waals surface area contributed by atoms with Gasteiger partial charge in [0.2, 0.25) is 0 Å². The zero-order valence-corrected chi connectivity index (χ0v) is 23.3. The van der Waals surface area contributed by atoms with E-state index in [1.807, 2.05) is 48.5 Å². The molecule has 3 aromatic rings. The van der Waals surface area contributed by atoms with Crippen LogP contribution >= 0.6 is 0 Å². The SMILES string of the molecule is CCCCCCCCCCCC(=O)c1c(C(=O)O)n(Cc2cccc(C=CC(=O)OCC)c2)c2ccccc12. The summed E-state index contributed by atoms with van der Waals surface area (Å²) < 4.78 is 6.66. The predicted molar refractivity (Wildman–Crippen MR) is 156 cm³/mol. The average Bonchev–Trinajstić information content (AvgIpc) is 3.26. The van der Waals surface area contributed by atoms with Crippen molar-refractivity contribution in [2.45, 2.75) is 84.6 Å². The van der Waals surface area contributed by atoms with Gasteiger partial charge in [-0.05, 0) is 42.7 Å². The second kappa shape index (κ2) is 15.7. The first-order valence-corrected chi connectivity index (χ1v) is 14.3. The fourth-order valence-corrected chi connectivity index (χ4v) is 5.03. The number of aromatic carboxylic acids is 1. The Kier molecular flexibility index (Phi) is 12.0. The highest BCUT2D eigenvalue weighted by atomic mass is 16.5. The molecule has 1 heterocycles. The van der Waals surface area contributed by atoms with E-state index in [4.69, 9.17) is 4.74 Å². The van der Waals surface area contributed by atoms with Crippen LogP contribution in [0.25, 0.3) is 17.0 Å². The highest BCUT2D eigenvalue weighted by Gasteiger charge is 2.26. The number of hydrogen-bond acceptors (Lipinski definition) is 4. The summed E-state index contributed by atoms with van der Waals surface area (Å²) >= 11 is 0. The Morgan fingerprint density at radius 1 is 0.872 bits per heavy atom. The van der Waals surface area contributed by atoms with Gasteiger partial charge in [0, 0.05) is 29.9 Å². The lowest BCUT2D eigenvalue weighted by Crippen LogP contribution is -2.14. The molecule has 0 aliphatic carbocycles. The van der Waals surface area contributed by atoms with Crippen molar-refractivity contribution < 1.29 is 24.2 Å². The van der Waals surface area contributed by atoms with E-state index in [9.17, 15) is 19.5 Å². The number of hydrogen-bond donors (Lipinski definition) is 1. The number of esters is 1. The smallest absolute Gasteiger partial charge is 0.353 e. The minimum Gasteiger partial charge on any atom is -0.477 e. The van der Waals surface area contributed by atoms with E-state index in [0.29, 0.717) is 24.0 Å². The van der Waals surface area contributed by atoms with E-state index < -0.39 is 11.9 Å². The molecule has 0 saturated heterocycles. The minimum atomic E-state index is -1.11. The highest BCUT2D eigenvalue weighted by Crippen LogP contribution is 2.29. The summed E-state index contributed by atoms with van der Waals surface area (Å²) in [5, 5.41) is 10.9. The predicted octanol–water partition coefficient (Wildman–Crippen LogP) is 8.07. The molecule has 0 radical (unpaired) electrons. The zero-order valence-electron chi connectivity index (χ0n) is 23.3. The molecule has 2 aromatic carbocycles. The average molecular weight is 532 g/mol. The maximum Gasteiger partial charge on any atom is 0.353 e. The Labute approximate surface area is 231 Å². The van der Waals surface area contributed by atoms with Crippen LogP contribution in [0.1, 0.15) is 110 Å². The quantitative estimate of drug-likeness (QED) is 0.0824. The van der Waals surface area contributed by atoms with Gasteiger partial charge in [0.25, 0.3) is 0 Å². The number of aromatic nitrogens is 1. The number of carboxylic acids is 1. The third-order valence-corrected chi connectivity index (χ3v) is 6.95. The van der Waals surface area contributed by atoms with Gasteiger partial charge >= 0.3 is 11.9 Å². The Morgan fingerprint density at radius 3 is 2.26 bits per heavy atom. The zero-order chi connectivity index (χ0) is 28.0. The van der Waals surface area contributed by atoms with Crippen molar-refractivity contribution in [2.24, 2.45) is 0 Å². The van der Waals surface area contributed by atoms with Gasteiger partial charge in [0.15, 0.2) is 5.78 Å². The van der Waals surface area contributed by atoms with E-state index >= 15 is 0 Å². The number of carboxylic acid groups (broad SMARTS) is 1. The van der Waals surface area contributed by atoms with Crippen molar-refractivity contribution in [1.82, 2.24) is 4.57 Å². The number of carbonyl (C=O) groups excluding carboxylic acids is 2. The molecule has 1 aromatic heterocycles. The molecular weight excluding hydrogens is 490 g/mol. The molecule has 6 heteroatoms. The summed E-state index contributed by atoms with van der Waals surface area (Å²) in [5.41, 5.74) is 2.72. The number of ketones is 1. The molecule has 39 heavy (non-hydrogen) atoms. The third kappa shape index (κ3) is 8.67. The summed E-state index contributed by atoms with van der Waals surface area (Å²) in [6.07, 6.45) is 13.8. The number of ether oxygens (including phenoxy) is 1. The first kappa shape index (κ1) is 29.9. The Hall–Kier alpha value is -3.67. The Morgan fingerprint density at radius 2 is 1.56 bits per heavy atom. The topological polar surface area (TPSA) is 85.6 Å². The number of rotatable bonds is 17. The third-order valence-electron chi connectivity index (χ3n) is 6.95. The molecule has 0 unspecified atom stereocenters. The monoisotopic (exact) mass is 531 g/mol. The summed E-state index contributed by atoms with van der Waals surface area (Å²) in [6, 6.07) is 14.9. The summed E-state index contributed by atoms with van der Waals surface area (Å²) in [7, 11) is 0. The van der Waals surface area contributed by atoms with Crippen molar-refractivity contribution in [3.63, 3.8) is 0 Å². The fraction of sp³-hybridized carbons (Fsp3) is 0.424. The summed E-state index contributed by atoms with van der Waals surface area (Å²) in [4.78, 5) is 37.6. The van der Waals surface area contributed by atoms with Gasteiger partial charge in [-0.1, -0.05) is 94.7 Å². The largest absolute Gasteiger partial charge is 0.477 e. The van der Waals surface area contributed by atoms with Gasteiger partial charge in [-0.25, -0.2) is 9.59 Å². The molecular formula is C33H41NO5. The molecule has 0 bridgehead atoms.